The van der Waals surface area contributed by atoms with Crippen LogP contribution in [0.1, 0.15) is 34.4 Å². The summed E-state index contributed by atoms with van der Waals surface area (Å²) >= 11 is 0. The lowest BCUT2D eigenvalue weighted by Gasteiger charge is -2.38. The Bertz CT molecular complexity index is 914. The lowest BCUT2D eigenvalue weighted by atomic mass is 9.84. The van der Waals surface area contributed by atoms with Crippen molar-refractivity contribution in [3.63, 3.8) is 0 Å². The van der Waals surface area contributed by atoms with Gasteiger partial charge in [-0.15, -0.1) is 0 Å². The number of phenolic OH excluding ortho intramolecular Hbond substituents is 1. The summed E-state index contributed by atoms with van der Waals surface area (Å²) in [4.78, 5) is 1.93. The minimum Gasteiger partial charge on any atom is -0.504 e. The Morgan fingerprint density at radius 1 is 1.25 bits per heavy atom. The van der Waals surface area contributed by atoms with E-state index in [1.165, 1.54) is 13.2 Å². The highest BCUT2D eigenvalue weighted by Gasteiger charge is 2.38. The SMILES string of the molecule is COc1ccc(C(O)C2c3c(cc4c(c3O)OCO4)CCN2C)c(CO)c1O. The maximum absolute atomic E-state index is 11.2. The summed E-state index contributed by atoms with van der Waals surface area (Å²) in [6.07, 6.45) is -0.436. The van der Waals surface area contributed by atoms with Crippen molar-refractivity contribution in [1.29, 1.82) is 0 Å². The Hall–Kier alpha value is -2.68. The molecule has 0 bridgehead atoms. The summed E-state index contributed by atoms with van der Waals surface area (Å²) in [6, 6.07) is 4.39. The van der Waals surface area contributed by atoms with Crippen molar-refractivity contribution in [2.75, 3.05) is 27.5 Å². The Balaban J connectivity index is 1.84. The molecule has 0 saturated carbocycles. The molecular weight excluding hydrogens is 366 g/mol. The molecule has 0 amide bonds. The monoisotopic (exact) mass is 389 g/mol. The molecule has 2 aromatic carbocycles. The predicted molar refractivity (Wildman–Crippen MR) is 98.8 cm³/mol. The van der Waals surface area contributed by atoms with Crippen molar-refractivity contribution in [1.82, 2.24) is 4.90 Å². The molecule has 2 heterocycles. The number of phenols is 2. The fraction of sp³-hybridized carbons (Fsp3) is 0.400. The van der Waals surface area contributed by atoms with E-state index in [1.54, 1.807) is 6.07 Å². The van der Waals surface area contributed by atoms with Crippen molar-refractivity contribution < 1.29 is 34.6 Å². The van der Waals surface area contributed by atoms with Gasteiger partial charge >= 0.3 is 0 Å². The van der Waals surface area contributed by atoms with Gasteiger partial charge in [-0.05, 0) is 36.7 Å². The first-order valence-electron chi connectivity index (χ1n) is 9.00. The van der Waals surface area contributed by atoms with E-state index in [0.717, 1.165) is 5.56 Å². The fourth-order valence-corrected chi connectivity index (χ4v) is 4.09. The third kappa shape index (κ3) is 2.72. The van der Waals surface area contributed by atoms with Crippen LogP contribution in [-0.2, 0) is 13.0 Å². The lowest BCUT2D eigenvalue weighted by Crippen LogP contribution is -2.36. The first-order valence-corrected chi connectivity index (χ1v) is 9.00. The number of benzene rings is 2. The first-order chi connectivity index (χ1) is 13.5. The van der Waals surface area contributed by atoms with Crippen molar-refractivity contribution >= 4 is 0 Å². The molecule has 8 nitrogen and oxygen atoms in total. The van der Waals surface area contributed by atoms with Gasteiger partial charge in [0.15, 0.2) is 23.0 Å². The molecule has 4 rings (SSSR count). The van der Waals surface area contributed by atoms with Crippen molar-refractivity contribution in [3.8, 4) is 28.7 Å². The van der Waals surface area contributed by atoms with Gasteiger partial charge in [0.2, 0.25) is 12.5 Å². The molecule has 28 heavy (non-hydrogen) atoms. The summed E-state index contributed by atoms with van der Waals surface area (Å²) < 4.78 is 15.9. The quantitative estimate of drug-likeness (QED) is 0.624. The Morgan fingerprint density at radius 3 is 2.75 bits per heavy atom. The molecule has 2 aliphatic heterocycles. The zero-order valence-corrected chi connectivity index (χ0v) is 15.7. The molecule has 150 valence electrons. The molecule has 4 N–H and O–H groups in total. The van der Waals surface area contributed by atoms with Crippen LogP contribution in [-0.4, -0.2) is 52.8 Å². The third-order valence-corrected chi connectivity index (χ3v) is 5.55. The molecule has 2 aliphatic rings. The van der Waals surface area contributed by atoms with Crippen molar-refractivity contribution in [2.45, 2.75) is 25.2 Å². The normalized spacial score (nSPS) is 19.4. The average Bonchev–Trinajstić information content (AvgIpc) is 3.16. The number of methoxy groups -OCH3 is 1. The second kappa shape index (κ2) is 7.05. The van der Waals surface area contributed by atoms with E-state index in [0.29, 0.717) is 29.8 Å². The predicted octanol–water partition coefficient (Wildman–Crippen LogP) is 1.59. The molecule has 0 aromatic heterocycles. The van der Waals surface area contributed by atoms with Crippen LogP contribution in [0.4, 0.5) is 0 Å². The minimum atomic E-state index is -1.12. The highest BCUT2D eigenvalue weighted by Crippen LogP contribution is 2.52. The molecule has 0 spiro atoms. The molecule has 2 unspecified atom stereocenters. The van der Waals surface area contributed by atoms with Gasteiger partial charge in [0, 0.05) is 17.7 Å². The Morgan fingerprint density at radius 2 is 2.04 bits per heavy atom. The minimum absolute atomic E-state index is 0.0376. The molecule has 0 saturated heterocycles. The van der Waals surface area contributed by atoms with Crippen molar-refractivity contribution in [2.24, 2.45) is 0 Å². The molecule has 8 heteroatoms. The number of hydrogen-bond donors (Lipinski definition) is 4. The highest BCUT2D eigenvalue weighted by molar-refractivity contribution is 5.62. The number of hydrogen-bond acceptors (Lipinski definition) is 8. The maximum atomic E-state index is 11.2. The van der Waals surface area contributed by atoms with Gasteiger partial charge in [0.25, 0.3) is 0 Å². The van der Waals surface area contributed by atoms with E-state index in [4.69, 9.17) is 14.2 Å². The largest absolute Gasteiger partial charge is 0.504 e. The number of fused-ring (bicyclic) bond motifs is 2. The number of aromatic hydroxyl groups is 2. The molecule has 2 aromatic rings. The molecular formula is C20H23NO7. The molecule has 2 atom stereocenters. The van der Waals surface area contributed by atoms with Gasteiger partial charge in [0.05, 0.1) is 25.9 Å². The average molecular weight is 389 g/mol. The fourth-order valence-electron chi connectivity index (χ4n) is 4.09. The van der Waals surface area contributed by atoms with Crippen LogP contribution in [0.5, 0.6) is 28.7 Å². The topological polar surface area (TPSA) is 112 Å². The number of aliphatic hydroxyl groups excluding tert-OH is 2. The summed E-state index contributed by atoms with van der Waals surface area (Å²) in [5.41, 5.74) is 1.98. The Kier molecular flexibility index (Phi) is 4.70. The highest BCUT2D eigenvalue weighted by atomic mass is 16.7. The molecule has 0 aliphatic carbocycles. The van der Waals surface area contributed by atoms with E-state index < -0.39 is 18.8 Å². The summed E-state index contributed by atoms with van der Waals surface area (Å²) in [5, 5.41) is 42.2. The van der Waals surface area contributed by atoms with Gasteiger partial charge in [-0.1, -0.05) is 6.07 Å². The van der Waals surface area contributed by atoms with Crippen LogP contribution >= 0.6 is 0 Å². The van der Waals surface area contributed by atoms with Crippen LogP contribution in [0, 0.1) is 0 Å². The summed E-state index contributed by atoms with van der Waals surface area (Å²) in [7, 11) is 3.26. The zero-order chi connectivity index (χ0) is 20.0. The van der Waals surface area contributed by atoms with E-state index in [1.807, 2.05) is 18.0 Å². The van der Waals surface area contributed by atoms with Crippen LogP contribution in [0.25, 0.3) is 0 Å². The van der Waals surface area contributed by atoms with Crippen LogP contribution in [0.2, 0.25) is 0 Å². The number of nitrogens with zero attached hydrogens (tertiary/aromatic N) is 1. The van der Waals surface area contributed by atoms with Gasteiger partial charge in [-0.3, -0.25) is 4.90 Å². The molecule has 0 fully saturated rings. The molecule has 0 radical (unpaired) electrons. The summed E-state index contributed by atoms with van der Waals surface area (Å²) in [6.45, 7) is 0.228. The first kappa shape index (κ1) is 18.7. The third-order valence-electron chi connectivity index (χ3n) is 5.55. The lowest BCUT2D eigenvalue weighted by molar-refractivity contribution is 0.0524. The van der Waals surface area contributed by atoms with E-state index in [-0.39, 0.29) is 35.4 Å². The number of rotatable bonds is 4. The van der Waals surface area contributed by atoms with Gasteiger partial charge in [0.1, 0.15) is 0 Å². The van der Waals surface area contributed by atoms with Gasteiger partial charge in [-0.2, -0.15) is 0 Å². The zero-order valence-electron chi connectivity index (χ0n) is 15.7. The second-order valence-corrected chi connectivity index (χ2v) is 6.99. The Labute approximate surface area is 162 Å². The van der Waals surface area contributed by atoms with Gasteiger partial charge < -0.3 is 34.6 Å². The number of aliphatic hydroxyl groups is 2. The van der Waals surface area contributed by atoms with Crippen LogP contribution in [0.3, 0.4) is 0 Å². The number of likely N-dealkylation sites (N-methyl/N-ethyl adjacent to an activating group) is 1. The van der Waals surface area contributed by atoms with E-state index in [2.05, 4.69) is 0 Å². The number of ether oxygens (including phenoxy) is 3. The standard InChI is InChI=1S/C20H23NO7/c1-21-6-5-10-7-14-20(28-9-27-14)19(25)15(10)16(21)18(24)11-3-4-13(26-2)17(23)12(11)8-22/h3-4,7,16,18,22-25H,5-6,8-9H2,1-2H3. The van der Waals surface area contributed by atoms with E-state index >= 15 is 0 Å². The maximum Gasteiger partial charge on any atom is 0.231 e. The van der Waals surface area contributed by atoms with Crippen molar-refractivity contribution in [3.05, 3.63) is 40.5 Å². The second-order valence-electron chi connectivity index (χ2n) is 6.99. The van der Waals surface area contributed by atoms with Crippen LogP contribution in [0.15, 0.2) is 18.2 Å². The summed E-state index contributed by atoms with van der Waals surface area (Å²) in [5.74, 6) is 0.709. The van der Waals surface area contributed by atoms with Gasteiger partial charge in [-0.25, -0.2) is 0 Å². The van der Waals surface area contributed by atoms with Crippen LogP contribution < -0.4 is 14.2 Å². The smallest absolute Gasteiger partial charge is 0.231 e. The van der Waals surface area contributed by atoms with E-state index in [9.17, 15) is 20.4 Å².